The van der Waals surface area contributed by atoms with Gasteiger partial charge in [0.25, 0.3) is 0 Å². The van der Waals surface area contributed by atoms with Crippen molar-refractivity contribution >= 4 is 17.7 Å². The molecule has 1 aromatic heterocycles. The minimum absolute atomic E-state index is 0.103. The Morgan fingerprint density at radius 1 is 1.23 bits per heavy atom. The number of hydrogen-bond donors (Lipinski definition) is 4. The first-order chi connectivity index (χ1) is 18.6. The third-order valence-corrected chi connectivity index (χ3v) is 8.51. The Morgan fingerprint density at radius 2 is 1.85 bits per heavy atom. The van der Waals surface area contributed by atoms with Crippen LogP contribution in [0.1, 0.15) is 25.3 Å². The van der Waals surface area contributed by atoms with E-state index in [4.69, 9.17) is 4.74 Å². The van der Waals surface area contributed by atoms with Gasteiger partial charge in [0, 0.05) is 12.6 Å². The number of aliphatic hydroxyl groups excluding tert-OH is 3. The Morgan fingerprint density at radius 3 is 2.38 bits per heavy atom. The van der Waals surface area contributed by atoms with Gasteiger partial charge in [0.15, 0.2) is 17.5 Å². The molecule has 4 N–H and O–H groups in total. The van der Waals surface area contributed by atoms with Crippen LogP contribution in [0.5, 0.6) is 0 Å². The molecule has 0 radical (unpaired) electrons. The Balaban J connectivity index is 1.62. The number of amides is 1. The van der Waals surface area contributed by atoms with E-state index in [0.717, 1.165) is 17.9 Å². The number of halogens is 6. The summed E-state index contributed by atoms with van der Waals surface area (Å²) in [5.41, 5.74) is -3.54. The van der Waals surface area contributed by atoms with E-state index in [-0.39, 0.29) is 24.1 Å². The molecule has 2 aliphatic rings. The first-order valence-electron chi connectivity index (χ1n) is 12.0. The van der Waals surface area contributed by atoms with Crippen molar-refractivity contribution in [1.82, 2.24) is 19.9 Å². The summed E-state index contributed by atoms with van der Waals surface area (Å²) in [6.45, 7) is -2.37. The molecule has 1 saturated carbocycles. The number of aliphatic hydroxyl groups is 4. The van der Waals surface area contributed by atoms with Crippen molar-refractivity contribution < 1.29 is 56.3 Å². The van der Waals surface area contributed by atoms with Gasteiger partial charge in [0.1, 0.15) is 47.3 Å². The molecule has 0 bridgehead atoms. The third-order valence-electron chi connectivity index (χ3n) is 6.94. The lowest BCUT2D eigenvalue weighted by Crippen LogP contribution is -2.59. The molecule has 222 valence electrons. The number of alkyl halides is 3. The Labute approximate surface area is 227 Å². The molecule has 2 fully saturated rings. The van der Waals surface area contributed by atoms with E-state index in [1.807, 2.05) is 0 Å². The zero-order valence-electron chi connectivity index (χ0n) is 20.8. The average molecular weight is 601 g/mol. The highest BCUT2D eigenvalue weighted by molar-refractivity contribution is 8.01. The van der Waals surface area contributed by atoms with Gasteiger partial charge in [-0.15, -0.1) is 16.9 Å². The fraction of sp³-hybridized carbons (Fsp3) is 0.609. The van der Waals surface area contributed by atoms with Crippen molar-refractivity contribution in [2.75, 3.05) is 20.2 Å². The second kappa shape index (κ2) is 11.4. The molecular formula is C23H26F6N4O6S. The number of carbonyl (C=O) groups excluding carboxylic acids is 1. The first-order valence-corrected chi connectivity index (χ1v) is 13.0. The zero-order chi connectivity index (χ0) is 29.6. The molecule has 17 heteroatoms. The number of ether oxygens (including phenoxy) is 1. The summed E-state index contributed by atoms with van der Waals surface area (Å²) in [5, 5.41) is 48.7. The second-order valence-electron chi connectivity index (χ2n) is 9.82. The number of nitrogens with zero attached hydrogens (tertiary/aromatic N) is 4. The molecule has 2 heterocycles. The van der Waals surface area contributed by atoms with Crippen LogP contribution in [0.3, 0.4) is 0 Å². The van der Waals surface area contributed by atoms with E-state index in [1.54, 1.807) is 0 Å². The SMILES string of the molecule is CN(CC(F)(F)F)C(=O)[C@@H](S[C@@H]1O[C@H](CO)[C@H](O)[C@H](n2cc(-c3cc(F)c(F)c(F)c3)nn2)[C@H]1O)C1(O)CCC1. The smallest absolute Gasteiger partial charge is 0.394 e. The molecule has 1 aliphatic heterocycles. The molecule has 10 nitrogen and oxygen atoms in total. The normalized spacial score (nSPS) is 27.2. The van der Waals surface area contributed by atoms with E-state index in [0.29, 0.717) is 35.2 Å². The van der Waals surface area contributed by atoms with Crippen molar-refractivity contribution in [2.24, 2.45) is 0 Å². The van der Waals surface area contributed by atoms with Crippen LogP contribution in [0, 0.1) is 17.5 Å². The van der Waals surface area contributed by atoms with Crippen molar-refractivity contribution in [2.45, 2.75) is 66.1 Å². The van der Waals surface area contributed by atoms with Gasteiger partial charge in [-0.3, -0.25) is 4.79 Å². The van der Waals surface area contributed by atoms with Crippen LogP contribution in [0.25, 0.3) is 11.3 Å². The van der Waals surface area contributed by atoms with Crippen LogP contribution in [0.15, 0.2) is 18.3 Å². The van der Waals surface area contributed by atoms with Gasteiger partial charge < -0.3 is 30.1 Å². The lowest BCUT2D eigenvalue weighted by atomic mass is 9.77. The Kier molecular flexibility index (Phi) is 8.73. The monoisotopic (exact) mass is 600 g/mol. The maximum Gasteiger partial charge on any atom is 0.406 e. The lowest BCUT2D eigenvalue weighted by Gasteiger charge is -2.47. The fourth-order valence-electron chi connectivity index (χ4n) is 4.65. The quantitative estimate of drug-likeness (QED) is 0.261. The van der Waals surface area contributed by atoms with Crippen molar-refractivity contribution in [3.05, 3.63) is 35.8 Å². The number of carbonyl (C=O) groups is 1. The molecule has 0 spiro atoms. The van der Waals surface area contributed by atoms with E-state index in [1.165, 1.54) is 0 Å². The number of thioether (sulfide) groups is 1. The standard InChI is InChI=1S/C23H26F6N4O6S/c1-32(9-23(27,28)29)20(37)19(22(38)3-2-4-22)40-21-18(36)16(17(35)14(8-34)39-21)33-7-13(30-31-33)10-5-11(24)15(26)12(25)6-10/h5-7,14,16-19,21,34-36,38H,2-4,8-9H2,1H3/t14-,16+,17+,18-,19-,21+/m1/s1. The van der Waals surface area contributed by atoms with Crippen LogP contribution in [-0.4, -0.2) is 107 Å². The maximum atomic E-state index is 13.7. The predicted molar refractivity (Wildman–Crippen MR) is 126 cm³/mol. The van der Waals surface area contributed by atoms with Gasteiger partial charge in [-0.25, -0.2) is 17.9 Å². The Hall–Kier alpha value is -2.44. The number of rotatable bonds is 8. The molecule has 1 saturated heterocycles. The highest BCUT2D eigenvalue weighted by Crippen LogP contribution is 2.45. The minimum Gasteiger partial charge on any atom is -0.394 e. The fourth-order valence-corrected chi connectivity index (χ4v) is 6.23. The second-order valence-corrected chi connectivity index (χ2v) is 11.0. The highest BCUT2D eigenvalue weighted by Gasteiger charge is 2.53. The molecule has 0 unspecified atom stereocenters. The van der Waals surface area contributed by atoms with E-state index >= 15 is 0 Å². The van der Waals surface area contributed by atoms with Crippen LogP contribution in [-0.2, 0) is 9.53 Å². The summed E-state index contributed by atoms with van der Waals surface area (Å²) in [6.07, 6.45) is -7.65. The lowest BCUT2D eigenvalue weighted by molar-refractivity contribution is -0.179. The maximum absolute atomic E-state index is 13.7. The molecule has 1 aliphatic carbocycles. The molecular weight excluding hydrogens is 574 g/mol. The Bertz CT molecular complexity index is 1210. The summed E-state index contributed by atoms with van der Waals surface area (Å²) >= 11 is 0.542. The molecule has 4 rings (SSSR count). The predicted octanol–water partition coefficient (Wildman–Crippen LogP) is 1.38. The van der Waals surface area contributed by atoms with Gasteiger partial charge in [-0.1, -0.05) is 5.21 Å². The van der Waals surface area contributed by atoms with E-state index < -0.39 is 83.3 Å². The van der Waals surface area contributed by atoms with Crippen molar-refractivity contribution in [1.29, 1.82) is 0 Å². The van der Waals surface area contributed by atoms with E-state index in [2.05, 4.69) is 10.3 Å². The number of hydrogen-bond acceptors (Lipinski definition) is 9. The van der Waals surface area contributed by atoms with E-state index in [9.17, 15) is 51.6 Å². The molecule has 1 aromatic carbocycles. The van der Waals surface area contributed by atoms with Crippen LogP contribution >= 0.6 is 11.8 Å². The minimum atomic E-state index is -4.71. The van der Waals surface area contributed by atoms with Crippen molar-refractivity contribution in [3.63, 3.8) is 0 Å². The number of benzene rings is 1. The van der Waals surface area contributed by atoms with Gasteiger partial charge in [-0.05, 0) is 31.4 Å². The molecule has 1 amide bonds. The van der Waals surface area contributed by atoms with Crippen LogP contribution in [0.2, 0.25) is 0 Å². The van der Waals surface area contributed by atoms with Crippen LogP contribution < -0.4 is 0 Å². The molecule has 40 heavy (non-hydrogen) atoms. The largest absolute Gasteiger partial charge is 0.406 e. The van der Waals surface area contributed by atoms with Gasteiger partial charge in [0.2, 0.25) is 5.91 Å². The number of aromatic nitrogens is 3. The summed E-state index contributed by atoms with van der Waals surface area (Å²) in [6, 6.07) is -0.114. The molecule has 6 atom stereocenters. The first kappa shape index (κ1) is 30.5. The summed E-state index contributed by atoms with van der Waals surface area (Å²) in [5.74, 6) is -5.75. The van der Waals surface area contributed by atoms with Crippen LogP contribution in [0.4, 0.5) is 26.3 Å². The third kappa shape index (κ3) is 6.08. The van der Waals surface area contributed by atoms with Gasteiger partial charge >= 0.3 is 6.18 Å². The van der Waals surface area contributed by atoms with Gasteiger partial charge in [0.05, 0.1) is 18.4 Å². The molecule has 2 aromatic rings. The zero-order valence-corrected chi connectivity index (χ0v) is 21.6. The highest BCUT2D eigenvalue weighted by atomic mass is 32.2. The van der Waals surface area contributed by atoms with Crippen molar-refractivity contribution in [3.8, 4) is 11.3 Å². The topological polar surface area (TPSA) is 141 Å². The van der Waals surface area contributed by atoms with Gasteiger partial charge in [-0.2, -0.15) is 13.2 Å². The average Bonchev–Trinajstić information content (AvgIpc) is 3.33. The summed E-state index contributed by atoms with van der Waals surface area (Å²) in [7, 11) is 0.921. The summed E-state index contributed by atoms with van der Waals surface area (Å²) in [4.78, 5) is 13.4. The summed E-state index contributed by atoms with van der Waals surface area (Å²) < 4.78 is 86.1.